The van der Waals surface area contributed by atoms with Crippen molar-refractivity contribution in [3.05, 3.63) is 48.5 Å². The minimum Gasteiger partial charge on any atom is -0.369 e. The van der Waals surface area contributed by atoms with Crippen molar-refractivity contribution in [1.82, 2.24) is 19.7 Å². The van der Waals surface area contributed by atoms with Gasteiger partial charge in [-0.05, 0) is 6.07 Å². The number of anilines is 1. The third-order valence-electron chi connectivity index (χ3n) is 3.31. The Hall–Kier alpha value is -2.89. The summed E-state index contributed by atoms with van der Waals surface area (Å²) in [4.78, 5) is 8.75. The van der Waals surface area contributed by atoms with Gasteiger partial charge in [0.2, 0.25) is 5.95 Å². The molecule has 4 aromatic rings. The quantitative estimate of drug-likeness (QED) is 0.600. The minimum absolute atomic E-state index is 0.439. The van der Waals surface area contributed by atoms with Crippen molar-refractivity contribution in [2.24, 2.45) is 0 Å². The van der Waals surface area contributed by atoms with E-state index in [0.29, 0.717) is 12.5 Å². The molecule has 0 unspecified atom stereocenters. The molecule has 0 saturated carbocycles. The number of hydrogen-bond donors (Lipinski definition) is 1. The van der Waals surface area contributed by atoms with Gasteiger partial charge < -0.3 is 14.8 Å². The number of para-hydroxylation sites is 1. The summed E-state index contributed by atoms with van der Waals surface area (Å²) in [6.07, 6.45) is 3.36. The molecule has 2 N–H and O–H groups in total. The lowest BCUT2D eigenvalue weighted by atomic mass is 10.2. The largest absolute Gasteiger partial charge is 0.369 e. The molecule has 0 amide bonds. The summed E-state index contributed by atoms with van der Waals surface area (Å²) < 4.78 is 7.07. The van der Waals surface area contributed by atoms with E-state index < -0.39 is 0 Å². The number of aromatic nitrogens is 4. The lowest BCUT2D eigenvalue weighted by Crippen LogP contribution is -2.04. The zero-order chi connectivity index (χ0) is 13.5. The SMILES string of the molecule is Nc1nc2cnc3ccccc3c2n1Cc1ccno1. The molecule has 0 aliphatic rings. The first-order chi connectivity index (χ1) is 9.83. The zero-order valence-electron chi connectivity index (χ0n) is 10.5. The van der Waals surface area contributed by atoms with Gasteiger partial charge in [0, 0.05) is 11.5 Å². The Morgan fingerprint density at radius 1 is 1.15 bits per heavy atom. The number of nitrogens with zero attached hydrogens (tertiary/aromatic N) is 4. The maximum Gasteiger partial charge on any atom is 0.201 e. The van der Waals surface area contributed by atoms with Gasteiger partial charge in [-0.15, -0.1) is 0 Å². The first-order valence-electron chi connectivity index (χ1n) is 6.22. The van der Waals surface area contributed by atoms with Crippen LogP contribution in [0.5, 0.6) is 0 Å². The average molecular weight is 265 g/mol. The van der Waals surface area contributed by atoms with E-state index >= 15 is 0 Å². The highest BCUT2D eigenvalue weighted by Crippen LogP contribution is 2.26. The van der Waals surface area contributed by atoms with E-state index in [-0.39, 0.29) is 0 Å². The molecule has 1 aromatic carbocycles. The molecule has 0 spiro atoms. The second kappa shape index (κ2) is 4.06. The minimum atomic E-state index is 0.439. The summed E-state index contributed by atoms with van der Waals surface area (Å²) in [5.41, 5.74) is 8.68. The molecule has 0 aliphatic heterocycles. The zero-order valence-corrected chi connectivity index (χ0v) is 10.5. The highest BCUT2D eigenvalue weighted by Gasteiger charge is 2.13. The number of hydrogen-bond acceptors (Lipinski definition) is 5. The van der Waals surface area contributed by atoms with Gasteiger partial charge >= 0.3 is 0 Å². The summed E-state index contributed by atoms with van der Waals surface area (Å²) in [5, 5.41) is 4.73. The van der Waals surface area contributed by atoms with Gasteiger partial charge in [-0.1, -0.05) is 23.4 Å². The topological polar surface area (TPSA) is 82.8 Å². The number of imidazole rings is 1. The van der Waals surface area contributed by atoms with Gasteiger partial charge in [0.25, 0.3) is 0 Å². The van der Waals surface area contributed by atoms with Crippen molar-refractivity contribution in [3.8, 4) is 0 Å². The van der Waals surface area contributed by atoms with Gasteiger partial charge in [-0.2, -0.15) is 0 Å². The van der Waals surface area contributed by atoms with Crippen LogP contribution in [0.15, 0.2) is 47.2 Å². The van der Waals surface area contributed by atoms with Crippen LogP contribution in [0.3, 0.4) is 0 Å². The highest BCUT2D eigenvalue weighted by atomic mass is 16.5. The Morgan fingerprint density at radius 2 is 2.05 bits per heavy atom. The van der Waals surface area contributed by atoms with Gasteiger partial charge in [-0.3, -0.25) is 4.98 Å². The molecule has 0 saturated heterocycles. The molecule has 6 nitrogen and oxygen atoms in total. The standard InChI is InChI=1S/C14H11N5O/c15-14-18-12-7-16-11-4-2-1-3-10(11)13(12)19(14)8-9-5-6-17-20-9/h1-7H,8H2,(H2,15,18). The first-order valence-corrected chi connectivity index (χ1v) is 6.22. The number of fused-ring (bicyclic) bond motifs is 3. The number of rotatable bonds is 2. The Morgan fingerprint density at radius 3 is 2.90 bits per heavy atom. The summed E-state index contributed by atoms with van der Waals surface area (Å²) in [6.45, 7) is 0.496. The molecule has 3 aromatic heterocycles. The normalized spacial score (nSPS) is 11.4. The van der Waals surface area contributed by atoms with Crippen molar-refractivity contribution >= 4 is 27.9 Å². The summed E-state index contributed by atoms with van der Waals surface area (Å²) in [7, 11) is 0. The molecule has 0 radical (unpaired) electrons. The molecule has 0 bridgehead atoms. The number of pyridine rings is 1. The third-order valence-corrected chi connectivity index (χ3v) is 3.31. The van der Waals surface area contributed by atoms with Gasteiger partial charge in [0.05, 0.1) is 30.0 Å². The maximum atomic E-state index is 6.02. The average Bonchev–Trinajstić information content (AvgIpc) is 3.08. The van der Waals surface area contributed by atoms with Crippen molar-refractivity contribution in [2.45, 2.75) is 6.54 Å². The number of benzene rings is 1. The second-order valence-electron chi connectivity index (χ2n) is 4.54. The monoisotopic (exact) mass is 265 g/mol. The van der Waals surface area contributed by atoms with Crippen molar-refractivity contribution < 1.29 is 4.52 Å². The van der Waals surface area contributed by atoms with Crippen LogP contribution in [-0.4, -0.2) is 19.7 Å². The number of nitrogen functional groups attached to an aromatic ring is 1. The van der Waals surface area contributed by atoms with E-state index in [1.807, 2.05) is 34.9 Å². The Balaban J connectivity index is 2.03. The van der Waals surface area contributed by atoms with Crippen LogP contribution in [0.1, 0.15) is 5.76 Å². The van der Waals surface area contributed by atoms with Gasteiger partial charge in [-0.25, -0.2) is 4.98 Å². The molecule has 6 heteroatoms. The predicted molar refractivity (Wildman–Crippen MR) is 75.1 cm³/mol. The van der Waals surface area contributed by atoms with Gasteiger partial charge in [0.1, 0.15) is 5.52 Å². The molecule has 98 valence electrons. The summed E-state index contributed by atoms with van der Waals surface area (Å²) in [6, 6.07) is 9.74. The van der Waals surface area contributed by atoms with Crippen LogP contribution in [0.25, 0.3) is 21.9 Å². The fourth-order valence-corrected chi connectivity index (χ4v) is 2.42. The van der Waals surface area contributed by atoms with Crippen LogP contribution in [0, 0.1) is 0 Å². The van der Waals surface area contributed by atoms with Crippen LogP contribution < -0.4 is 5.73 Å². The second-order valence-corrected chi connectivity index (χ2v) is 4.54. The van der Waals surface area contributed by atoms with Crippen LogP contribution >= 0.6 is 0 Å². The fourth-order valence-electron chi connectivity index (χ4n) is 2.42. The Kier molecular flexibility index (Phi) is 2.23. The molecule has 0 atom stereocenters. The van der Waals surface area contributed by atoms with Crippen LogP contribution in [0.4, 0.5) is 5.95 Å². The van der Waals surface area contributed by atoms with E-state index in [1.54, 1.807) is 12.4 Å². The maximum absolute atomic E-state index is 6.02. The van der Waals surface area contributed by atoms with E-state index in [9.17, 15) is 0 Å². The summed E-state index contributed by atoms with van der Waals surface area (Å²) >= 11 is 0. The molecule has 0 fully saturated rings. The van der Waals surface area contributed by atoms with E-state index in [1.165, 1.54) is 0 Å². The Bertz CT molecular complexity index is 895. The van der Waals surface area contributed by atoms with Crippen molar-refractivity contribution in [3.63, 3.8) is 0 Å². The lowest BCUT2D eigenvalue weighted by Gasteiger charge is -2.05. The molecule has 0 aliphatic carbocycles. The highest BCUT2D eigenvalue weighted by molar-refractivity contribution is 6.02. The van der Waals surface area contributed by atoms with E-state index in [2.05, 4.69) is 15.1 Å². The Labute approximate surface area is 113 Å². The van der Waals surface area contributed by atoms with Crippen molar-refractivity contribution in [1.29, 1.82) is 0 Å². The van der Waals surface area contributed by atoms with Crippen molar-refractivity contribution in [2.75, 3.05) is 5.73 Å². The first kappa shape index (κ1) is 11.0. The molecule has 3 heterocycles. The third kappa shape index (κ3) is 1.55. The van der Waals surface area contributed by atoms with E-state index in [4.69, 9.17) is 10.3 Å². The smallest absolute Gasteiger partial charge is 0.201 e. The van der Waals surface area contributed by atoms with Crippen LogP contribution in [0.2, 0.25) is 0 Å². The fraction of sp³-hybridized carbons (Fsp3) is 0.0714. The molecule has 20 heavy (non-hydrogen) atoms. The lowest BCUT2D eigenvalue weighted by molar-refractivity contribution is 0.378. The molecular formula is C14H11N5O. The van der Waals surface area contributed by atoms with Gasteiger partial charge in [0.15, 0.2) is 5.76 Å². The molecular weight excluding hydrogens is 254 g/mol. The predicted octanol–water partition coefficient (Wildman–Crippen LogP) is 2.20. The summed E-state index contributed by atoms with van der Waals surface area (Å²) in [5.74, 6) is 1.17. The molecule has 4 rings (SSSR count). The number of nitrogens with two attached hydrogens (primary N) is 1. The van der Waals surface area contributed by atoms with E-state index in [0.717, 1.165) is 27.7 Å². The van der Waals surface area contributed by atoms with Crippen LogP contribution in [-0.2, 0) is 6.54 Å².